The highest BCUT2D eigenvalue weighted by atomic mass is 35.5. The smallest absolute Gasteiger partial charge is 0.246 e. The van der Waals surface area contributed by atoms with E-state index in [1.807, 2.05) is 7.05 Å². The number of nitrogens with one attached hydrogen (secondary N) is 1. The number of sulfonamides is 1. The zero-order valence-corrected chi connectivity index (χ0v) is 14.7. The number of hydrogen-bond donors (Lipinski definition) is 1. The molecule has 0 saturated carbocycles. The minimum absolute atomic E-state index is 0. The van der Waals surface area contributed by atoms with Crippen molar-refractivity contribution < 1.29 is 17.9 Å². The van der Waals surface area contributed by atoms with Crippen molar-refractivity contribution in [1.29, 1.82) is 0 Å². The van der Waals surface area contributed by atoms with Crippen LogP contribution in [0.5, 0.6) is 11.5 Å². The fraction of sp³-hybridized carbons (Fsp3) is 0.571. The van der Waals surface area contributed by atoms with Crippen molar-refractivity contribution in [2.24, 2.45) is 0 Å². The molecule has 1 aromatic carbocycles. The van der Waals surface area contributed by atoms with Crippen molar-refractivity contribution in [2.75, 3.05) is 34.4 Å². The van der Waals surface area contributed by atoms with Crippen molar-refractivity contribution in [3.63, 3.8) is 0 Å². The maximum Gasteiger partial charge on any atom is 0.246 e. The van der Waals surface area contributed by atoms with Gasteiger partial charge in [0.05, 0.1) is 14.2 Å². The Balaban J connectivity index is 0.00000242. The molecule has 1 saturated heterocycles. The lowest BCUT2D eigenvalue weighted by molar-refractivity contribution is 0.297. The van der Waals surface area contributed by atoms with E-state index in [0.717, 1.165) is 12.8 Å². The van der Waals surface area contributed by atoms with E-state index in [0.29, 0.717) is 30.6 Å². The van der Waals surface area contributed by atoms with Gasteiger partial charge in [-0.1, -0.05) is 0 Å². The van der Waals surface area contributed by atoms with Gasteiger partial charge in [-0.05, 0) is 32.0 Å². The molecule has 6 nitrogen and oxygen atoms in total. The second-order valence-electron chi connectivity index (χ2n) is 4.98. The van der Waals surface area contributed by atoms with Gasteiger partial charge in [0.25, 0.3) is 0 Å². The first-order chi connectivity index (χ1) is 10.0. The lowest BCUT2D eigenvalue weighted by Gasteiger charge is -2.31. The van der Waals surface area contributed by atoms with Crippen molar-refractivity contribution in [3.8, 4) is 11.5 Å². The molecule has 0 radical (unpaired) electrons. The average Bonchev–Trinajstić information content (AvgIpc) is 2.54. The van der Waals surface area contributed by atoms with E-state index >= 15 is 0 Å². The lowest BCUT2D eigenvalue weighted by atomic mass is 10.1. The second kappa shape index (κ2) is 8.01. The number of halogens is 1. The minimum Gasteiger partial charge on any atom is -0.497 e. The average molecular weight is 351 g/mol. The van der Waals surface area contributed by atoms with Gasteiger partial charge < -0.3 is 14.8 Å². The van der Waals surface area contributed by atoms with E-state index < -0.39 is 10.0 Å². The Morgan fingerprint density at radius 2 is 1.82 bits per heavy atom. The molecule has 1 aliphatic heterocycles. The van der Waals surface area contributed by atoms with Gasteiger partial charge in [-0.3, -0.25) is 0 Å². The first-order valence-corrected chi connectivity index (χ1v) is 8.36. The summed E-state index contributed by atoms with van der Waals surface area (Å²) in [5, 5.41) is 3.19. The molecule has 22 heavy (non-hydrogen) atoms. The molecule has 0 bridgehead atoms. The molecule has 0 amide bonds. The van der Waals surface area contributed by atoms with Crippen LogP contribution in [0.1, 0.15) is 12.8 Å². The van der Waals surface area contributed by atoms with Crippen LogP contribution in [-0.2, 0) is 10.0 Å². The summed E-state index contributed by atoms with van der Waals surface area (Å²) in [5.74, 6) is 0.839. The quantitative estimate of drug-likeness (QED) is 0.871. The molecule has 126 valence electrons. The number of ether oxygens (including phenoxy) is 2. The van der Waals surface area contributed by atoms with Crippen molar-refractivity contribution in [3.05, 3.63) is 18.2 Å². The lowest BCUT2D eigenvalue weighted by Crippen LogP contribution is -2.43. The third-order valence-electron chi connectivity index (χ3n) is 3.85. The predicted molar refractivity (Wildman–Crippen MR) is 87.6 cm³/mol. The Bertz CT molecular complexity index is 587. The molecule has 1 aromatic rings. The normalized spacial score (nSPS) is 16.9. The van der Waals surface area contributed by atoms with Gasteiger partial charge in [0.2, 0.25) is 10.0 Å². The Labute approximate surface area is 138 Å². The Morgan fingerprint density at radius 1 is 1.18 bits per heavy atom. The summed E-state index contributed by atoms with van der Waals surface area (Å²) in [4.78, 5) is 0.159. The third-order valence-corrected chi connectivity index (χ3v) is 5.77. The number of hydrogen-bond acceptors (Lipinski definition) is 5. The van der Waals surface area contributed by atoms with E-state index in [9.17, 15) is 8.42 Å². The summed E-state index contributed by atoms with van der Waals surface area (Å²) < 4.78 is 37.4. The molecule has 8 heteroatoms. The molecule has 0 atom stereocenters. The number of methoxy groups -OCH3 is 2. The van der Waals surface area contributed by atoms with Gasteiger partial charge in [-0.2, -0.15) is 4.31 Å². The molecular weight excluding hydrogens is 328 g/mol. The van der Waals surface area contributed by atoms with Crippen LogP contribution in [0.25, 0.3) is 0 Å². The molecule has 2 rings (SSSR count). The Morgan fingerprint density at radius 3 is 2.32 bits per heavy atom. The standard InChI is InChI=1S/C14H22N2O4S.ClH/c1-15-11-6-8-16(9-7-11)21(17,18)14-10-12(19-2)4-5-13(14)20-3;/h4-5,10-11,15H,6-9H2,1-3H3;1H. The number of nitrogens with zero attached hydrogens (tertiary/aromatic N) is 1. The van der Waals surface area contributed by atoms with Crippen LogP contribution in [0.15, 0.2) is 23.1 Å². The fourth-order valence-corrected chi connectivity index (χ4v) is 4.15. The van der Waals surface area contributed by atoms with E-state index in [2.05, 4.69) is 5.32 Å². The maximum atomic E-state index is 12.8. The molecule has 0 aromatic heterocycles. The minimum atomic E-state index is -3.57. The molecular formula is C14H23ClN2O4S. The van der Waals surface area contributed by atoms with Gasteiger partial charge in [0.15, 0.2) is 0 Å². The summed E-state index contributed by atoms with van der Waals surface area (Å²) in [6.45, 7) is 1.02. The SMILES string of the molecule is CNC1CCN(S(=O)(=O)c2cc(OC)ccc2OC)CC1.Cl. The van der Waals surface area contributed by atoms with Crippen molar-refractivity contribution >= 4 is 22.4 Å². The first kappa shape index (κ1) is 19.0. The van der Waals surface area contributed by atoms with Crippen LogP contribution < -0.4 is 14.8 Å². The molecule has 0 spiro atoms. The van der Waals surface area contributed by atoms with Crippen molar-refractivity contribution in [1.82, 2.24) is 9.62 Å². The highest BCUT2D eigenvalue weighted by molar-refractivity contribution is 7.89. The Hall–Kier alpha value is -1.02. The van der Waals surface area contributed by atoms with Crippen LogP contribution in [-0.4, -0.2) is 53.1 Å². The highest BCUT2D eigenvalue weighted by Crippen LogP contribution is 2.31. The monoisotopic (exact) mass is 350 g/mol. The Kier molecular flexibility index (Phi) is 6.93. The van der Waals surface area contributed by atoms with Gasteiger partial charge in [-0.25, -0.2) is 8.42 Å². The van der Waals surface area contributed by atoms with Crippen molar-refractivity contribution in [2.45, 2.75) is 23.8 Å². The van der Waals surface area contributed by atoms with Gasteiger partial charge in [0, 0.05) is 25.2 Å². The number of benzene rings is 1. The topological polar surface area (TPSA) is 67.9 Å². The highest BCUT2D eigenvalue weighted by Gasteiger charge is 2.31. The summed E-state index contributed by atoms with van der Waals surface area (Å²) in [7, 11) is 1.31. The van der Waals surface area contributed by atoms with Gasteiger partial charge in [0.1, 0.15) is 16.4 Å². The summed E-state index contributed by atoms with van der Waals surface area (Å²) >= 11 is 0. The summed E-state index contributed by atoms with van der Waals surface area (Å²) in [5.41, 5.74) is 0. The van der Waals surface area contributed by atoms with E-state index in [4.69, 9.17) is 9.47 Å². The zero-order valence-electron chi connectivity index (χ0n) is 13.0. The van der Waals surface area contributed by atoms with Crippen LogP contribution in [0, 0.1) is 0 Å². The van der Waals surface area contributed by atoms with Crippen LogP contribution in [0.3, 0.4) is 0 Å². The largest absolute Gasteiger partial charge is 0.497 e. The molecule has 0 unspecified atom stereocenters. The van der Waals surface area contributed by atoms with E-state index in [1.165, 1.54) is 24.6 Å². The predicted octanol–water partition coefficient (Wildman–Crippen LogP) is 1.50. The van der Waals surface area contributed by atoms with Gasteiger partial charge in [-0.15, -0.1) is 12.4 Å². The summed E-state index contributed by atoms with van der Waals surface area (Å²) in [6, 6.07) is 5.19. The number of piperidine rings is 1. The van der Waals surface area contributed by atoms with E-state index in [-0.39, 0.29) is 17.3 Å². The van der Waals surface area contributed by atoms with Crippen LogP contribution in [0.2, 0.25) is 0 Å². The van der Waals surface area contributed by atoms with Crippen LogP contribution in [0.4, 0.5) is 0 Å². The van der Waals surface area contributed by atoms with Crippen LogP contribution >= 0.6 is 12.4 Å². The number of rotatable bonds is 5. The molecule has 1 N–H and O–H groups in total. The van der Waals surface area contributed by atoms with Gasteiger partial charge >= 0.3 is 0 Å². The fourth-order valence-electron chi connectivity index (χ4n) is 2.51. The first-order valence-electron chi connectivity index (χ1n) is 6.92. The molecule has 1 fully saturated rings. The molecule has 1 aliphatic rings. The third kappa shape index (κ3) is 3.84. The second-order valence-corrected chi connectivity index (χ2v) is 6.89. The summed E-state index contributed by atoms with van der Waals surface area (Å²) in [6.07, 6.45) is 1.62. The molecule has 1 heterocycles. The van der Waals surface area contributed by atoms with E-state index in [1.54, 1.807) is 12.1 Å². The maximum absolute atomic E-state index is 12.8. The molecule has 0 aliphatic carbocycles. The zero-order chi connectivity index (χ0) is 15.5.